The number of para-hydroxylation sites is 1. The standard InChI is InChI=1S/C48H45N2/c1-30-34-14-8-9-15-35(34)41(47(2,3)4)29-39(30)43-26-27-45-46(49(43)7)38-17-11-13-19-44(38)50(45)33-23-20-31(21-24-33)32-22-25-37-36-16-10-12-18-40(36)48(5,6)42(37)28-32/h8-29,34-35H,1-7H3/q+1. The molecule has 2 atom stereocenters. The second kappa shape index (κ2) is 10.9. The van der Waals surface area contributed by atoms with Crippen LogP contribution in [-0.4, -0.2) is 4.57 Å². The zero-order valence-corrected chi connectivity index (χ0v) is 30.3. The van der Waals surface area contributed by atoms with E-state index >= 15 is 0 Å². The maximum Gasteiger partial charge on any atom is 0.239 e. The van der Waals surface area contributed by atoms with Crippen molar-refractivity contribution in [1.82, 2.24) is 4.57 Å². The van der Waals surface area contributed by atoms with E-state index in [0.29, 0.717) is 11.8 Å². The smallest absolute Gasteiger partial charge is 0.239 e. The van der Waals surface area contributed by atoms with E-state index in [1.807, 2.05) is 0 Å². The van der Waals surface area contributed by atoms with Gasteiger partial charge in [-0.3, -0.25) is 0 Å². The topological polar surface area (TPSA) is 8.81 Å². The molecule has 0 saturated carbocycles. The lowest BCUT2D eigenvalue weighted by molar-refractivity contribution is -0.646. The van der Waals surface area contributed by atoms with Gasteiger partial charge in [0.2, 0.25) is 11.2 Å². The Morgan fingerprint density at radius 2 is 1.36 bits per heavy atom. The first-order valence-electron chi connectivity index (χ1n) is 18.1. The molecule has 0 bridgehead atoms. The monoisotopic (exact) mass is 649 g/mol. The molecule has 2 heteroatoms. The van der Waals surface area contributed by atoms with Gasteiger partial charge in [-0.2, -0.15) is 4.57 Å². The largest absolute Gasteiger partial charge is 0.304 e. The van der Waals surface area contributed by atoms with Gasteiger partial charge in [0.1, 0.15) is 12.6 Å². The normalized spacial score (nSPS) is 19.1. The highest BCUT2D eigenvalue weighted by atomic mass is 15.0. The van der Waals surface area contributed by atoms with Gasteiger partial charge in [-0.25, -0.2) is 0 Å². The summed E-state index contributed by atoms with van der Waals surface area (Å²) in [6.07, 6.45) is 11.7. The Morgan fingerprint density at radius 1 is 0.680 bits per heavy atom. The van der Waals surface area contributed by atoms with E-state index in [-0.39, 0.29) is 10.8 Å². The summed E-state index contributed by atoms with van der Waals surface area (Å²) in [5.41, 5.74) is 18.5. The maximum absolute atomic E-state index is 2.50. The van der Waals surface area contributed by atoms with E-state index < -0.39 is 0 Å². The lowest BCUT2D eigenvalue weighted by atomic mass is 9.66. The number of hydrogen-bond donors (Lipinski definition) is 0. The Morgan fingerprint density at radius 3 is 2.14 bits per heavy atom. The van der Waals surface area contributed by atoms with Crippen molar-refractivity contribution in [2.75, 3.05) is 0 Å². The molecular weight excluding hydrogens is 605 g/mol. The highest BCUT2D eigenvalue weighted by Gasteiger charge is 2.37. The van der Waals surface area contributed by atoms with Crippen molar-refractivity contribution in [3.8, 4) is 27.9 Å². The van der Waals surface area contributed by atoms with E-state index in [4.69, 9.17) is 0 Å². The average molecular weight is 650 g/mol. The van der Waals surface area contributed by atoms with Crippen LogP contribution >= 0.6 is 0 Å². The van der Waals surface area contributed by atoms with Gasteiger partial charge in [-0.1, -0.05) is 131 Å². The van der Waals surface area contributed by atoms with Gasteiger partial charge in [-0.05, 0) is 88.2 Å². The number of pyridine rings is 1. The van der Waals surface area contributed by atoms with Crippen LogP contribution in [0.5, 0.6) is 0 Å². The summed E-state index contributed by atoms with van der Waals surface area (Å²) in [6, 6.07) is 38.6. The summed E-state index contributed by atoms with van der Waals surface area (Å²) < 4.78 is 4.87. The minimum atomic E-state index is -0.0125. The van der Waals surface area contributed by atoms with Crippen molar-refractivity contribution in [2.24, 2.45) is 24.3 Å². The van der Waals surface area contributed by atoms with Crippen molar-refractivity contribution < 1.29 is 4.57 Å². The number of nitrogens with zero attached hydrogens (tertiary/aromatic N) is 2. The first-order chi connectivity index (χ1) is 24.0. The van der Waals surface area contributed by atoms with Crippen LogP contribution in [0.1, 0.15) is 58.4 Å². The average Bonchev–Trinajstić information content (AvgIpc) is 3.58. The van der Waals surface area contributed by atoms with Crippen molar-refractivity contribution in [3.63, 3.8) is 0 Å². The van der Waals surface area contributed by atoms with Crippen LogP contribution in [0.4, 0.5) is 0 Å². The Hall–Kier alpha value is -5.21. The molecule has 0 fully saturated rings. The molecule has 0 amide bonds. The van der Waals surface area contributed by atoms with Crippen LogP contribution in [0.15, 0.2) is 145 Å². The van der Waals surface area contributed by atoms with E-state index in [1.165, 1.54) is 83.4 Å². The summed E-state index contributed by atoms with van der Waals surface area (Å²) in [5, 5.41) is 1.27. The Kier molecular flexibility index (Phi) is 6.71. The maximum atomic E-state index is 2.50. The predicted octanol–water partition coefficient (Wildman–Crippen LogP) is 11.7. The number of fused-ring (bicyclic) bond motifs is 7. The summed E-state index contributed by atoms with van der Waals surface area (Å²) in [4.78, 5) is 0. The number of aromatic nitrogens is 2. The fourth-order valence-corrected chi connectivity index (χ4v) is 9.23. The third-order valence-electron chi connectivity index (χ3n) is 11.9. The predicted molar refractivity (Wildman–Crippen MR) is 210 cm³/mol. The number of hydrogen-bond acceptors (Lipinski definition) is 0. The highest BCUT2D eigenvalue weighted by Crippen LogP contribution is 2.50. The Labute approximate surface area is 296 Å². The lowest BCUT2D eigenvalue weighted by Crippen LogP contribution is -2.36. The van der Waals surface area contributed by atoms with Gasteiger partial charge >= 0.3 is 0 Å². The van der Waals surface area contributed by atoms with Crippen molar-refractivity contribution >= 4 is 27.5 Å². The fraction of sp³-hybridized carbons (Fsp3) is 0.229. The number of benzene rings is 4. The first-order valence-corrected chi connectivity index (χ1v) is 18.1. The molecule has 2 aromatic heterocycles. The van der Waals surface area contributed by atoms with E-state index in [1.54, 1.807) is 0 Å². The van der Waals surface area contributed by atoms with E-state index in [9.17, 15) is 0 Å². The van der Waals surface area contributed by atoms with Crippen LogP contribution in [0.25, 0.3) is 55.5 Å². The fourth-order valence-electron chi connectivity index (χ4n) is 9.23. The molecule has 3 aliphatic carbocycles. The molecule has 2 heterocycles. The van der Waals surface area contributed by atoms with Crippen molar-refractivity contribution in [3.05, 3.63) is 161 Å². The van der Waals surface area contributed by atoms with Crippen LogP contribution in [0.2, 0.25) is 0 Å². The number of rotatable bonds is 3. The molecule has 0 aliphatic heterocycles. The molecule has 0 saturated heterocycles. The van der Waals surface area contributed by atoms with E-state index in [2.05, 4.69) is 191 Å². The van der Waals surface area contributed by atoms with Gasteiger partial charge < -0.3 is 4.57 Å². The molecule has 2 nitrogen and oxygen atoms in total. The second-order valence-corrected chi connectivity index (χ2v) is 16.1. The molecule has 0 N–H and O–H groups in total. The van der Waals surface area contributed by atoms with Crippen LogP contribution < -0.4 is 4.57 Å². The lowest BCUT2D eigenvalue weighted by Gasteiger charge is -2.38. The first kappa shape index (κ1) is 30.8. The summed E-state index contributed by atoms with van der Waals surface area (Å²) in [7, 11) is 2.25. The molecule has 9 rings (SSSR count). The summed E-state index contributed by atoms with van der Waals surface area (Å²) in [6.45, 7) is 14.1. The van der Waals surface area contributed by atoms with Crippen LogP contribution in [-0.2, 0) is 12.5 Å². The molecule has 6 aromatic rings. The molecule has 0 radical (unpaired) electrons. The zero-order chi connectivity index (χ0) is 34.5. The summed E-state index contributed by atoms with van der Waals surface area (Å²) in [5.74, 6) is 0.805. The van der Waals surface area contributed by atoms with Crippen LogP contribution in [0.3, 0.4) is 0 Å². The second-order valence-electron chi connectivity index (χ2n) is 16.1. The van der Waals surface area contributed by atoms with Crippen molar-refractivity contribution in [1.29, 1.82) is 0 Å². The highest BCUT2D eigenvalue weighted by molar-refractivity contribution is 6.05. The minimum absolute atomic E-state index is 0.0125. The number of allylic oxidation sites excluding steroid dienone is 8. The molecular formula is C48H45N2+. The van der Waals surface area contributed by atoms with Gasteiger partial charge in [-0.15, -0.1) is 0 Å². The van der Waals surface area contributed by atoms with Gasteiger partial charge in [0.25, 0.3) is 0 Å². The van der Waals surface area contributed by atoms with Gasteiger partial charge in [0.15, 0.2) is 0 Å². The third-order valence-corrected chi connectivity index (χ3v) is 11.9. The quantitative estimate of drug-likeness (QED) is 0.169. The van der Waals surface area contributed by atoms with Crippen molar-refractivity contribution in [2.45, 2.75) is 47.0 Å². The Bertz CT molecular complexity index is 2500. The molecule has 0 spiro atoms. The molecule has 3 aliphatic rings. The van der Waals surface area contributed by atoms with Gasteiger partial charge in [0, 0.05) is 34.6 Å². The molecule has 50 heavy (non-hydrogen) atoms. The summed E-state index contributed by atoms with van der Waals surface area (Å²) >= 11 is 0. The van der Waals surface area contributed by atoms with Crippen LogP contribution in [0, 0.1) is 17.3 Å². The molecule has 4 aromatic carbocycles. The van der Waals surface area contributed by atoms with E-state index in [0.717, 1.165) is 0 Å². The van der Waals surface area contributed by atoms with Gasteiger partial charge in [0.05, 0.1) is 10.9 Å². The number of aryl methyl sites for hydroxylation is 1. The molecule has 2 unspecified atom stereocenters. The Balaban J connectivity index is 1.15. The zero-order valence-electron chi connectivity index (χ0n) is 30.3. The SMILES string of the molecule is CC1=C(c2ccc3c(c4ccccc4n3-c3ccc(-c4ccc5c(c4)C(C)(C)c4ccccc4-5)cc3)[n+]2C)C=C(C(C)(C)C)C2C=CC=CC12. The minimum Gasteiger partial charge on any atom is -0.304 e. The third kappa shape index (κ3) is 4.44. The molecule has 246 valence electrons.